The van der Waals surface area contributed by atoms with Crippen molar-refractivity contribution in [1.29, 1.82) is 0 Å². The van der Waals surface area contributed by atoms with Gasteiger partial charge < -0.3 is 10.1 Å². The zero-order valence-corrected chi connectivity index (χ0v) is 13.0. The molecule has 6 heteroatoms. The second-order valence-electron chi connectivity index (χ2n) is 4.98. The van der Waals surface area contributed by atoms with E-state index in [9.17, 15) is 4.79 Å². The smallest absolute Gasteiger partial charge is 0.316 e. The first-order chi connectivity index (χ1) is 9.78. The summed E-state index contributed by atoms with van der Waals surface area (Å²) in [6.45, 7) is 0. The van der Waals surface area contributed by atoms with E-state index in [-0.39, 0.29) is 18.1 Å². The van der Waals surface area contributed by atoms with E-state index < -0.39 is 0 Å². The van der Waals surface area contributed by atoms with Crippen LogP contribution >= 0.6 is 15.9 Å². The van der Waals surface area contributed by atoms with Gasteiger partial charge in [-0.3, -0.25) is 4.79 Å². The summed E-state index contributed by atoms with van der Waals surface area (Å²) in [5, 5.41) is 3.96. The zero-order valence-electron chi connectivity index (χ0n) is 11.4. The minimum absolute atomic E-state index is 0.153. The number of nitrogens with zero attached hydrogens (tertiary/aromatic N) is 2. The molecule has 1 saturated carbocycles. The Bertz CT molecular complexity index is 408. The maximum Gasteiger partial charge on any atom is 0.316 e. The molecule has 0 aromatic carbocycles. The number of aromatic nitrogens is 2. The number of carbonyl (C=O) groups is 1. The summed E-state index contributed by atoms with van der Waals surface area (Å²) in [5.41, 5.74) is 0. The van der Waals surface area contributed by atoms with Crippen LogP contribution in [0.4, 0.5) is 0 Å². The Morgan fingerprint density at radius 2 is 2.00 bits per heavy atom. The molecule has 0 saturated heterocycles. The first-order valence-electron chi connectivity index (χ1n) is 7.07. The summed E-state index contributed by atoms with van der Waals surface area (Å²) < 4.78 is 5.73. The lowest BCUT2D eigenvalue weighted by Crippen LogP contribution is -2.39. The van der Waals surface area contributed by atoms with Crippen LogP contribution in [0.25, 0.3) is 0 Å². The number of carbonyl (C=O) groups excluding carboxylic acids is 1. The van der Waals surface area contributed by atoms with Crippen molar-refractivity contribution in [3.05, 3.63) is 18.5 Å². The average molecular weight is 342 g/mol. The van der Waals surface area contributed by atoms with Crippen LogP contribution in [-0.2, 0) is 4.79 Å². The van der Waals surface area contributed by atoms with Crippen molar-refractivity contribution in [3.8, 4) is 6.01 Å². The maximum atomic E-state index is 11.7. The van der Waals surface area contributed by atoms with Crippen molar-refractivity contribution in [1.82, 2.24) is 15.3 Å². The lowest BCUT2D eigenvalue weighted by Gasteiger charge is -2.28. The monoisotopic (exact) mass is 341 g/mol. The maximum absolute atomic E-state index is 11.7. The fourth-order valence-corrected chi connectivity index (χ4v) is 2.63. The van der Waals surface area contributed by atoms with Crippen LogP contribution in [0, 0.1) is 0 Å². The topological polar surface area (TPSA) is 64.1 Å². The van der Waals surface area contributed by atoms with Gasteiger partial charge in [-0.05, 0) is 38.2 Å². The second-order valence-corrected chi connectivity index (χ2v) is 5.78. The summed E-state index contributed by atoms with van der Waals surface area (Å²) in [4.78, 5) is 19.8. The third-order valence-electron chi connectivity index (χ3n) is 3.39. The molecule has 2 rings (SSSR count). The van der Waals surface area contributed by atoms with Crippen molar-refractivity contribution >= 4 is 21.8 Å². The highest BCUT2D eigenvalue weighted by atomic mass is 79.9. The number of hydrogen-bond acceptors (Lipinski definition) is 4. The van der Waals surface area contributed by atoms with E-state index in [2.05, 4.69) is 31.2 Å². The third kappa shape index (κ3) is 5.07. The lowest BCUT2D eigenvalue weighted by molar-refractivity contribution is -0.122. The van der Waals surface area contributed by atoms with Crippen molar-refractivity contribution < 1.29 is 9.53 Å². The van der Waals surface area contributed by atoms with Gasteiger partial charge in [0.2, 0.25) is 5.91 Å². The second kappa shape index (κ2) is 8.19. The lowest BCUT2D eigenvalue weighted by atomic mass is 9.93. The van der Waals surface area contributed by atoms with Crippen LogP contribution in [0.3, 0.4) is 0 Å². The number of hydrogen-bond donors (Lipinski definition) is 1. The molecule has 0 atom stereocenters. The van der Waals surface area contributed by atoms with E-state index in [4.69, 9.17) is 4.74 Å². The highest BCUT2D eigenvalue weighted by Gasteiger charge is 2.23. The molecular weight excluding hydrogens is 322 g/mol. The van der Waals surface area contributed by atoms with Crippen LogP contribution in [-0.4, -0.2) is 33.4 Å². The molecule has 1 aromatic heterocycles. The quantitative estimate of drug-likeness (QED) is 0.807. The SMILES string of the molecule is O=C(CCCBr)NC1CCC(Oc2ncccn2)CC1. The molecule has 1 aliphatic carbocycles. The van der Waals surface area contributed by atoms with Gasteiger partial charge in [0.25, 0.3) is 0 Å². The first-order valence-corrected chi connectivity index (χ1v) is 8.19. The number of alkyl halides is 1. The fourth-order valence-electron chi connectivity index (χ4n) is 2.35. The van der Waals surface area contributed by atoms with Crippen molar-refractivity contribution in [2.75, 3.05) is 5.33 Å². The van der Waals surface area contributed by atoms with Crippen LogP contribution in [0.2, 0.25) is 0 Å². The van der Waals surface area contributed by atoms with Crippen LogP contribution < -0.4 is 10.1 Å². The number of halogens is 1. The molecule has 0 unspecified atom stereocenters. The summed E-state index contributed by atoms with van der Waals surface area (Å²) >= 11 is 3.33. The molecule has 1 N–H and O–H groups in total. The van der Waals surface area contributed by atoms with Gasteiger partial charge in [-0.25, -0.2) is 9.97 Å². The van der Waals surface area contributed by atoms with E-state index in [1.54, 1.807) is 18.5 Å². The number of nitrogens with one attached hydrogen (secondary N) is 1. The van der Waals surface area contributed by atoms with E-state index in [1.807, 2.05) is 0 Å². The number of ether oxygens (including phenoxy) is 1. The third-order valence-corrected chi connectivity index (χ3v) is 3.95. The van der Waals surface area contributed by atoms with Gasteiger partial charge in [-0.1, -0.05) is 15.9 Å². The van der Waals surface area contributed by atoms with Gasteiger partial charge >= 0.3 is 6.01 Å². The normalized spacial score (nSPS) is 22.2. The highest BCUT2D eigenvalue weighted by Crippen LogP contribution is 2.22. The molecule has 0 aliphatic heterocycles. The Kier molecular flexibility index (Phi) is 6.24. The zero-order chi connectivity index (χ0) is 14.2. The van der Waals surface area contributed by atoms with Crippen molar-refractivity contribution in [3.63, 3.8) is 0 Å². The Labute approximate surface area is 127 Å². The molecule has 0 radical (unpaired) electrons. The Balaban J connectivity index is 1.68. The predicted octanol–water partition coefficient (Wildman–Crippen LogP) is 2.46. The molecule has 0 bridgehead atoms. The van der Waals surface area contributed by atoms with E-state index >= 15 is 0 Å². The fraction of sp³-hybridized carbons (Fsp3) is 0.643. The first kappa shape index (κ1) is 15.2. The van der Waals surface area contributed by atoms with Gasteiger partial charge in [0.05, 0.1) is 0 Å². The molecule has 1 amide bonds. The highest BCUT2D eigenvalue weighted by molar-refractivity contribution is 9.09. The molecule has 1 aromatic rings. The van der Waals surface area contributed by atoms with Gasteiger partial charge in [0, 0.05) is 30.2 Å². The summed E-state index contributed by atoms with van der Waals surface area (Å²) in [7, 11) is 0. The molecule has 1 heterocycles. The number of rotatable bonds is 6. The van der Waals surface area contributed by atoms with Gasteiger partial charge in [0.15, 0.2) is 0 Å². The van der Waals surface area contributed by atoms with E-state index in [1.165, 1.54) is 0 Å². The summed E-state index contributed by atoms with van der Waals surface area (Å²) in [6.07, 6.45) is 8.78. The van der Waals surface area contributed by atoms with Gasteiger partial charge in [0.1, 0.15) is 6.10 Å². The standard InChI is InChI=1S/C14H20BrN3O2/c15-8-1-3-13(19)18-11-4-6-12(7-5-11)20-14-16-9-2-10-17-14/h2,9-12H,1,3-8H2,(H,18,19). The van der Waals surface area contributed by atoms with Crippen molar-refractivity contribution in [2.24, 2.45) is 0 Å². The summed E-state index contributed by atoms with van der Waals surface area (Å²) in [6, 6.07) is 2.50. The molecule has 5 nitrogen and oxygen atoms in total. The van der Waals surface area contributed by atoms with Gasteiger partial charge in [-0.15, -0.1) is 0 Å². The molecular formula is C14H20BrN3O2. The molecule has 1 aliphatic rings. The van der Waals surface area contributed by atoms with Crippen molar-refractivity contribution in [2.45, 2.75) is 50.7 Å². The molecule has 0 spiro atoms. The minimum Gasteiger partial charge on any atom is -0.460 e. The minimum atomic E-state index is 0.153. The molecule has 1 fully saturated rings. The average Bonchev–Trinajstić information content (AvgIpc) is 2.48. The molecule has 110 valence electrons. The van der Waals surface area contributed by atoms with Gasteiger partial charge in [-0.2, -0.15) is 0 Å². The Morgan fingerprint density at radius 1 is 1.30 bits per heavy atom. The van der Waals surface area contributed by atoms with Crippen LogP contribution in [0.15, 0.2) is 18.5 Å². The Hall–Kier alpha value is -1.17. The summed E-state index contributed by atoms with van der Waals surface area (Å²) in [5.74, 6) is 0.153. The number of amides is 1. The predicted molar refractivity (Wildman–Crippen MR) is 79.9 cm³/mol. The van der Waals surface area contributed by atoms with Crippen LogP contribution in [0.5, 0.6) is 6.01 Å². The van der Waals surface area contributed by atoms with E-state index in [0.29, 0.717) is 12.4 Å². The van der Waals surface area contributed by atoms with Crippen LogP contribution in [0.1, 0.15) is 38.5 Å². The van der Waals surface area contributed by atoms with E-state index in [0.717, 1.165) is 37.4 Å². The largest absolute Gasteiger partial charge is 0.460 e. The Morgan fingerprint density at radius 3 is 2.65 bits per heavy atom. The molecule has 20 heavy (non-hydrogen) atoms.